The molecular weight excluding hydrogens is 398 g/mol. The van der Waals surface area contributed by atoms with E-state index in [-0.39, 0.29) is 17.5 Å². The van der Waals surface area contributed by atoms with Crippen LogP contribution in [0.3, 0.4) is 0 Å². The van der Waals surface area contributed by atoms with E-state index in [9.17, 15) is 13.5 Å². The number of aromatic nitrogens is 2. The Morgan fingerprint density at radius 3 is 2.57 bits per heavy atom. The first-order chi connectivity index (χ1) is 13.3. The molecule has 1 aromatic rings. The van der Waals surface area contributed by atoms with Crippen molar-refractivity contribution < 1.29 is 13.5 Å². The van der Waals surface area contributed by atoms with Crippen LogP contribution < -0.4 is 4.72 Å². The molecule has 1 fully saturated rings. The summed E-state index contributed by atoms with van der Waals surface area (Å²) in [4.78, 5) is 0. The summed E-state index contributed by atoms with van der Waals surface area (Å²) in [5.74, 6) is 0. The average molecular weight is 428 g/mol. The monoisotopic (exact) mass is 427 g/mol. The van der Waals surface area contributed by atoms with E-state index in [1.165, 1.54) is 17.2 Å². The number of allylic oxidation sites excluding steroid dienone is 3. The molecule has 2 N–H and O–H groups in total. The zero-order chi connectivity index (χ0) is 20.3. The Hall–Kier alpha value is -1.15. The maximum atomic E-state index is 12.6. The van der Waals surface area contributed by atoms with Crippen LogP contribution in [0.4, 0.5) is 0 Å². The highest BCUT2D eigenvalue weighted by atomic mass is 35.5. The van der Waals surface area contributed by atoms with Crippen LogP contribution in [0.2, 0.25) is 0 Å². The van der Waals surface area contributed by atoms with Crippen LogP contribution in [0, 0.1) is 0 Å². The van der Waals surface area contributed by atoms with Crippen molar-refractivity contribution in [2.24, 2.45) is 0 Å². The topological polar surface area (TPSA) is 84.2 Å². The van der Waals surface area contributed by atoms with E-state index in [2.05, 4.69) is 9.82 Å². The van der Waals surface area contributed by atoms with Gasteiger partial charge >= 0.3 is 0 Å². The van der Waals surface area contributed by atoms with E-state index in [1.807, 2.05) is 13.8 Å². The number of rotatable bonds is 6. The maximum Gasteiger partial charge on any atom is 0.262 e. The summed E-state index contributed by atoms with van der Waals surface area (Å²) >= 11 is 6.54. The quantitative estimate of drug-likeness (QED) is 0.659. The molecule has 0 bridgehead atoms. The number of fused-ring (bicyclic) bond motifs is 1. The van der Waals surface area contributed by atoms with Crippen LogP contribution in [0.15, 0.2) is 39.0 Å². The SMILES string of the molecule is CC(C)n1ccc(S(=O)(=O)NC(O)C/C2=C3\CCC\C3=C(/Cl)CCCCC2)n1. The third kappa shape index (κ3) is 5.06. The van der Waals surface area contributed by atoms with Crippen LogP contribution in [0.25, 0.3) is 0 Å². The Morgan fingerprint density at radius 2 is 1.86 bits per heavy atom. The Kier molecular flexibility index (Phi) is 7.02. The molecule has 8 heteroatoms. The number of halogens is 1. The minimum atomic E-state index is -3.87. The number of nitrogens with zero attached hydrogens (tertiary/aromatic N) is 2. The van der Waals surface area contributed by atoms with Gasteiger partial charge in [-0.2, -0.15) is 9.82 Å². The fraction of sp³-hybridized carbons (Fsp3) is 0.650. The molecule has 2 aliphatic rings. The normalized spacial score (nSPS) is 25.3. The van der Waals surface area contributed by atoms with Crippen molar-refractivity contribution in [3.05, 3.63) is 34.0 Å². The van der Waals surface area contributed by atoms with Gasteiger partial charge in [-0.3, -0.25) is 4.68 Å². The first kappa shape index (κ1) is 21.6. The highest BCUT2D eigenvalue weighted by molar-refractivity contribution is 7.89. The molecule has 1 saturated carbocycles. The van der Waals surface area contributed by atoms with Gasteiger partial charge in [-0.15, -0.1) is 0 Å². The molecule has 1 atom stereocenters. The van der Waals surface area contributed by atoms with Crippen LogP contribution >= 0.6 is 11.6 Å². The van der Waals surface area contributed by atoms with E-state index in [4.69, 9.17) is 11.6 Å². The molecule has 1 heterocycles. The molecule has 1 unspecified atom stereocenters. The standard InChI is InChI=1S/C20H30ClN3O3S/c1-14(2)24-12-11-20(22-24)28(26,27)23-19(25)13-15-7-4-3-5-10-18(21)17-9-6-8-16(15)17/h11-12,14,19,23,25H,3-10,13H2,1-2H3/b16-15+,18-17+. The van der Waals surface area contributed by atoms with E-state index < -0.39 is 16.3 Å². The van der Waals surface area contributed by atoms with Gasteiger partial charge in [-0.25, -0.2) is 8.42 Å². The Bertz CT molecular complexity index is 871. The second-order valence-corrected chi connectivity index (χ2v) is 10.1. The van der Waals surface area contributed by atoms with Gasteiger partial charge in [0.1, 0.15) is 6.23 Å². The first-order valence-electron chi connectivity index (χ1n) is 10.1. The van der Waals surface area contributed by atoms with Gasteiger partial charge in [0.05, 0.1) is 0 Å². The lowest BCUT2D eigenvalue weighted by molar-refractivity contribution is 0.162. The summed E-state index contributed by atoms with van der Waals surface area (Å²) in [5.41, 5.74) is 3.61. The molecule has 28 heavy (non-hydrogen) atoms. The first-order valence-corrected chi connectivity index (χ1v) is 12.0. The molecule has 1 aromatic heterocycles. The molecule has 156 valence electrons. The van der Waals surface area contributed by atoms with Crippen molar-refractivity contribution >= 4 is 21.6 Å². The summed E-state index contributed by atoms with van der Waals surface area (Å²) in [6.45, 7) is 3.85. The minimum absolute atomic E-state index is 0.0667. The fourth-order valence-electron chi connectivity index (χ4n) is 4.02. The highest BCUT2D eigenvalue weighted by Crippen LogP contribution is 2.41. The van der Waals surface area contributed by atoms with Gasteiger partial charge in [-0.1, -0.05) is 23.6 Å². The number of nitrogens with one attached hydrogen (secondary N) is 1. The maximum absolute atomic E-state index is 12.6. The number of hydrogen-bond donors (Lipinski definition) is 2. The summed E-state index contributed by atoms with van der Waals surface area (Å²) < 4.78 is 29.1. The zero-order valence-corrected chi connectivity index (χ0v) is 18.2. The van der Waals surface area contributed by atoms with Crippen molar-refractivity contribution in [2.45, 2.75) is 88.9 Å². The third-order valence-corrected chi connectivity index (χ3v) is 7.23. The summed E-state index contributed by atoms with van der Waals surface area (Å²) in [6.07, 6.45) is 8.74. The predicted molar refractivity (Wildman–Crippen MR) is 110 cm³/mol. The minimum Gasteiger partial charge on any atom is -0.377 e. The number of sulfonamides is 1. The predicted octanol–water partition coefficient (Wildman–Crippen LogP) is 4.39. The fourth-order valence-corrected chi connectivity index (χ4v) is 5.37. The summed E-state index contributed by atoms with van der Waals surface area (Å²) in [5, 5.41) is 15.5. The second kappa shape index (κ2) is 9.11. The van der Waals surface area contributed by atoms with Gasteiger partial charge in [-0.05, 0) is 76.0 Å². The van der Waals surface area contributed by atoms with Crippen LogP contribution in [-0.4, -0.2) is 29.5 Å². The Morgan fingerprint density at radius 1 is 1.14 bits per heavy atom. The van der Waals surface area contributed by atoms with Gasteiger partial charge in [0, 0.05) is 23.7 Å². The van der Waals surface area contributed by atoms with Crippen molar-refractivity contribution in [1.82, 2.24) is 14.5 Å². The van der Waals surface area contributed by atoms with Crippen molar-refractivity contribution in [3.63, 3.8) is 0 Å². The van der Waals surface area contributed by atoms with Gasteiger partial charge in [0.25, 0.3) is 10.0 Å². The third-order valence-electron chi connectivity index (χ3n) is 5.47. The molecular formula is C20H30ClN3O3S. The van der Waals surface area contributed by atoms with Crippen LogP contribution in [-0.2, 0) is 10.0 Å². The smallest absolute Gasteiger partial charge is 0.262 e. The summed E-state index contributed by atoms with van der Waals surface area (Å²) in [7, 11) is -3.87. The van der Waals surface area contributed by atoms with Gasteiger partial charge in [0.15, 0.2) is 5.03 Å². The molecule has 3 rings (SSSR count). The Balaban J connectivity index is 1.76. The molecule has 0 amide bonds. The van der Waals surface area contributed by atoms with E-state index in [0.29, 0.717) is 0 Å². The lowest BCUT2D eigenvalue weighted by Gasteiger charge is -2.18. The van der Waals surface area contributed by atoms with E-state index >= 15 is 0 Å². The summed E-state index contributed by atoms with van der Waals surface area (Å²) in [6, 6.07) is 1.52. The van der Waals surface area contributed by atoms with E-state index in [0.717, 1.165) is 62.0 Å². The average Bonchev–Trinajstić information content (AvgIpc) is 3.29. The number of aliphatic hydroxyl groups is 1. The lowest BCUT2D eigenvalue weighted by Crippen LogP contribution is -2.35. The van der Waals surface area contributed by atoms with Crippen molar-refractivity contribution in [3.8, 4) is 0 Å². The largest absolute Gasteiger partial charge is 0.377 e. The number of aliphatic hydroxyl groups excluding tert-OH is 1. The second-order valence-electron chi connectivity index (χ2n) is 7.95. The molecule has 0 aliphatic heterocycles. The van der Waals surface area contributed by atoms with E-state index in [1.54, 1.807) is 10.9 Å². The van der Waals surface area contributed by atoms with Crippen molar-refractivity contribution in [2.75, 3.05) is 0 Å². The molecule has 0 spiro atoms. The van der Waals surface area contributed by atoms with Crippen LogP contribution in [0.1, 0.15) is 77.7 Å². The molecule has 6 nitrogen and oxygen atoms in total. The Labute approximate surface area is 172 Å². The molecule has 0 radical (unpaired) electrons. The lowest BCUT2D eigenvalue weighted by atomic mass is 9.95. The van der Waals surface area contributed by atoms with Crippen molar-refractivity contribution in [1.29, 1.82) is 0 Å². The van der Waals surface area contributed by atoms with Crippen LogP contribution in [0.5, 0.6) is 0 Å². The van der Waals surface area contributed by atoms with Gasteiger partial charge in [0.2, 0.25) is 0 Å². The molecule has 2 aliphatic carbocycles. The van der Waals surface area contributed by atoms with Gasteiger partial charge < -0.3 is 5.11 Å². The molecule has 0 saturated heterocycles. The number of hydrogen-bond acceptors (Lipinski definition) is 4. The highest BCUT2D eigenvalue weighted by Gasteiger charge is 2.26. The molecule has 0 aromatic carbocycles. The zero-order valence-electron chi connectivity index (χ0n) is 16.6.